The van der Waals surface area contributed by atoms with Crippen LogP contribution in [0.25, 0.3) is 0 Å². The molecular weight excluding hydrogens is 541 g/mol. The highest BCUT2D eigenvalue weighted by Gasteiger charge is 2.47. The van der Waals surface area contributed by atoms with Gasteiger partial charge in [0.25, 0.3) is 0 Å². The number of aliphatic hydroxyl groups is 2. The van der Waals surface area contributed by atoms with Crippen LogP contribution in [0.4, 0.5) is 0 Å². The maximum absolute atomic E-state index is 13.8. The Morgan fingerprint density at radius 1 is 1.07 bits per heavy atom. The van der Waals surface area contributed by atoms with E-state index in [9.17, 15) is 15.0 Å². The van der Waals surface area contributed by atoms with Crippen molar-refractivity contribution in [2.75, 3.05) is 7.11 Å². The van der Waals surface area contributed by atoms with E-state index in [0.29, 0.717) is 19.3 Å². The minimum Gasteiger partial charge on any atom is -0.459 e. The summed E-state index contributed by atoms with van der Waals surface area (Å²) in [5, 5.41) is 22.3. The predicted molar refractivity (Wildman–Crippen MR) is 169 cm³/mol. The third-order valence-electron chi connectivity index (χ3n) is 10.0. The molecule has 0 aromatic rings. The number of cyclic esters (lactones) is 1. The second-order valence-corrected chi connectivity index (χ2v) is 23.2. The normalized spacial score (nSPS) is 34.7. The third kappa shape index (κ3) is 9.22. The Labute approximate surface area is 247 Å². The quantitative estimate of drug-likeness (QED) is 0.167. The van der Waals surface area contributed by atoms with Crippen molar-refractivity contribution in [1.82, 2.24) is 0 Å². The minimum absolute atomic E-state index is 0.0765. The lowest BCUT2D eigenvalue weighted by molar-refractivity contribution is -0.168. The van der Waals surface area contributed by atoms with Crippen LogP contribution in [0, 0.1) is 5.92 Å². The molecule has 0 aliphatic carbocycles. The highest BCUT2D eigenvalue weighted by Crippen LogP contribution is 2.40. The summed E-state index contributed by atoms with van der Waals surface area (Å²) in [6, 6.07) is 2.87. The van der Waals surface area contributed by atoms with Gasteiger partial charge in [-0.15, -0.1) is 0 Å². The first-order valence-corrected chi connectivity index (χ1v) is 20.9. The van der Waals surface area contributed by atoms with Gasteiger partial charge in [-0.2, -0.15) is 0 Å². The van der Waals surface area contributed by atoms with Crippen LogP contribution in [0.15, 0.2) is 12.2 Å². The van der Waals surface area contributed by atoms with Gasteiger partial charge in [0.2, 0.25) is 0 Å². The molecule has 7 atom stereocenters. The zero-order valence-electron chi connectivity index (χ0n) is 27.9. The number of esters is 1. The average molecular weight is 603 g/mol. The standard InChI is InChI=1S/C31H62O7Si2/c1-14-27-31(10,38-40(15-2,16-3)17-4)21-19-24(32)18-20-30(9,35-11)26(33)22-25(23(5)28(34)36-27)37-39(12,13)29(6,7)8/h19,21,23-27,32-33H,14-18,20,22H2,1-13H3/b21-19+/t23-,24-,25+,26-,27-,30-,31+/m1/s1. The topological polar surface area (TPSA) is 94.5 Å². The smallest absolute Gasteiger partial charge is 0.311 e. The summed E-state index contributed by atoms with van der Waals surface area (Å²) in [6.07, 6.45) is 2.55. The molecule has 1 aliphatic heterocycles. The lowest BCUT2D eigenvalue weighted by atomic mass is 9.85. The van der Waals surface area contributed by atoms with Gasteiger partial charge in [-0.25, -0.2) is 0 Å². The summed E-state index contributed by atoms with van der Waals surface area (Å²) in [6.45, 7) is 25.0. The third-order valence-corrected chi connectivity index (χ3v) is 19.3. The maximum Gasteiger partial charge on any atom is 0.311 e. The molecule has 0 radical (unpaired) electrons. The van der Waals surface area contributed by atoms with Gasteiger partial charge in [0.1, 0.15) is 11.7 Å². The number of rotatable bonds is 9. The highest BCUT2D eigenvalue weighted by molar-refractivity contribution is 6.74. The molecule has 1 rings (SSSR count). The molecule has 0 saturated heterocycles. The van der Waals surface area contributed by atoms with Crippen LogP contribution in [-0.2, 0) is 23.1 Å². The van der Waals surface area contributed by atoms with Crippen LogP contribution < -0.4 is 0 Å². The predicted octanol–water partition coefficient (Wildman–Crippen LogP) is 6.98. The lowest BCUT2D eigenvalue weighted by Crippen LogP contribution is -2.54. The van der Waals surface area contributed by atoms with E-state index in [1.807, 2.05) is 33.8 Å². The maximum atomic E-state index is 13.8. The molecule has 0 saturated carbocycles. The summed E-state index contributed by atoms with van der Waals surface area (Å²) < 4.78 is 25.9. The first-order chi connectivity index (χ1) is 18.3. The Morgan fingerprint density at radius 3 is 2.08 bits per heavy atom. The van der Waals surface area contributed by atoms with Gasteiger partial charge < -0.3 is 28.5 Å². The van der Waals surface area contributed by atoms with Crippen molar-refractivity contribution in [3.63, 3.8) is 0 Å². The van der Waals surface area contributed by atoms with Gasteiger partial charge in [0.05, 0.1) is 29.8 Å². The number of ether oxygens (including phenoxy) is 2. The van der Waals surface area contributed by atoms with Crippen LogP contribution in [0.3, 0.4) is 0 Å². The molecule has 0 spiro atoms. The molecule has 0 aromatic heterocycles. The van der Waals surface area contributed by atoms with E-state index < -0.39 is 58.2 Å². The van der Waals surface area contributed by atoms with E-state index >= 15 is 0 Å². The lowest BCUT2D eigenvalue weighted by Gasteiger charge is -2.44. The van der Waals surface area contributed by atoms with Crippen molar-refractivity contribution in [2.24, 2.45) is 5.92 Å². The molecule has 1 heterocycles. The van der Waals surface area contributed by atoms with Gasteiger partial charge in [-0.05, 0) is 76.3 Å². The summed E-state index contributed by atoms with van der Waals surface area (Å²) in [7, 11) is -2.82. The van der Waals surface area contributed by atoms with Gasteiger partial charge in [-0.1, -0.05) is 60.6 Å². The fraction of sp³-hybridized carbons (Fsp3) is 0.903. The number of hydrogen-bond acceptors (Lipinski definition) is 7. The number of carbonyl (C=O) groups excluding carboxylic acids is 1. The SMILES string of the molecule is CC[C@H]1OC(=O)[C@H](C)[C@@H](O[Si](C)(C)C(C)(C)C)C[C@@H](O)[C@](C)(OC)CC[C@@H](O)/C=C/[C@]1(C)O[Si](CC)(CC)CC. The van der Waals surface area contributed by atoms with E-state index in [4.69, 9.17) is 18.3 Å². The van der Waals surface area contributed by atoms with Gasteiger partial charge in [-0.3, -0.25) is 4.79 Å². The van der Waals surface area contributed by atoms with E-state index in [-0.39, 0.29) is 17.4 Å². The van der Waals surface area contributed by atoms with E-state index in [2.05, 4.69) is 54.6 Å². The summed E-state index contributed by atoms with van der Waals surface area (Å²) in [5.74, 6) is -0.967. The number of methoxy groups -OCH3 is 1. The molecule has 9 heteroatoms. The molecule has 0 unspecified atom stereocenters. The van der Waals surface area contributed by atoms with Crippen LogP contribution in [0.5, 0.6) is 0 Å². The Bertz CT molecular complexity index is 815. The first-order valence-electron chi connectivity index (χ1n) is 15.5. The van der Waals surface area contributed by atoms with Gasteiger partial charge in [0.15, 0.2) is 16.6 Å². The van der Waals surface area contributed by atoms with Crippen LogP contribution >= 0.6 is 0 Å². The molecule has 7 nitrogen and oxygen atoms in total. The van der Waals surface area contributed by atoms with Gasteiger partial charge in [0, 0.05) is 13.5 Å². The van der Waals surface area contributed by atoms with Gasteiger partial charge >= 0.3 is 5.97 Å². The molecule has 236 valence electrons. The molecule has 2 N–H and O–H groups in total. The number of aliphatic hydroxyl groups excluding tert-OH is 2. The van der Waals surface area contributed by atoms with Crippen molar-refractivity contribution in [3.8, 4) is 0 Å². The van der Waals surface area contributed by atoms with Crippen LogP contribution in [-0.4, -0.2) is 75.5 Å². The van der Waals surface area contributed by atoms with Crippen molar-refractivity contribution in [1.29, 1.82) is 0 Å². The fourth-order valence-electron chi connectivity index (χ4n) is 5.26. The van der Waals surface area contributed by atoms with E-state index in [1.54, 1.807) is 13.2 Å². The van der Waals surface area contributed by atoms with Crippen molar-refractivity contribution in [3.05, 3.63) is 12.2 Å². The molecule has 0 fully saturated rings. The molecule has 0 aromatic carbocycles. The van der Waals surface area contributed by atoms with Crippen molar-refractivity contribution in [2.45, 2.75) is 167 Å². The fourth-order valence-corrected chi connectivity index (χ4v) is 9.74. The molecule has 0 amide bonds. The van der Waals surface area contributed by atoms with Crippen LogP contribution in [0.1, 0.15) is 94.9 Å². The van der Waals surface area contributed by atoms with E-state index in [0.717, 1.165) is 18.1 Å². The average Bonchev–Trinajstić information content (AvgIpc) is 2.89. The Hall–Kier alpha value is -0.556. The largest absolute Gasteiger partial charge is 0.459 e. The zero-order valence-corrected chi connectivity index (χ0v) is 29.9. The molecule has 40 heavy (non-hydrogen) atoms. The molecule has 0 bridgehead atoms. The zero-order chi connectivity index (χ0) is 31.2. The van der Waals surface area contributed by atoms with Crippen LogP contribution in [0.2, 0.25) is 36.3 Å². The Balaban J connectivity index is 3.67. The number of carbonyl (C=O) groups is 1. The minimum atomic E-state index is -2.30. The second kappa shape index (κ2) is 14.8. The van der Waals surface area contributed by atoms with Crippen molar-refractivity contribution >= 4 is 22.6 Å². The Kier molecular flexibility index (Phi) is 13.8. The van der Waals surface area contributed by atoms with Crippen molar-refractivity contribution < 1.29 is 33.3 Å². The first kappa shape index (κ1) is 37.5. The summed E-state index contributed by atoms with van der Waals surface area (Å²) in [5.41, 5.74) is -1.80. The molecular formula is C31H62O7Si2. The monoisotopic (exact) mass is 602 g/mol. The second-order valence-electron chi connectivity index (χ2n) is 13.8. The highest BCUT2D eigenvalue weighted by atomic mass is 28.4. The summed E-state index contributed by atoms with van der Waals surface area (Å²) >= 11 is 0. The van der Waals surface area contributed by atoms with E-state index in [1.165, 1.54) is 0 Å². The number of hydrogen-bond donors (Lipinski definition) is 2. The summed E-state index contributed by atoms with van der Waals surface area (Å²) in [4.78, 5) is 13.8. The molecule has 1 aliphatic rings. The Morgan fingerprint density at radius 2 is 1.62 bits per heavy atom.